The van der Waals surface area contributed by atoms with Gasteiger partial charge in [-0.25, -0.2) is 0 Å². The summed E-state index contributed by atoms with van der Waals surface area (Å²) in [5, 5.41) is 14.6. The highest BCUT2D eigenvalue weighted by molar-refractivity contribution is 7.07. The number of aryl methyl sites for hydroxylation is 1. The first-order valence-corrected chi connectivity index (χ1v) is 7.58. The molecule has 1 amide bonds. The fourth-order valence-electron chi connectivity index (χ4n) is 2.45. The molecule has 0 aromatic carbocycles. The van der Waals surface area contributed by atoms with Gasteiger partial charge in [0, 0.05) is 11.1 Å². The Morgan fingerprint density at radius 1 is 1.47 bits per heavy atom. The van der Waals surface area contributed by atoms with Crippen LogP contribution >= 0.6 is 11.3 Å². The summed E-state index contributed by atoms with van der Waals surface area (Å²) in [5.74, 6) is -0.199. The molecule has 5 nitrogen and oxygen atoms in total. The average Bonchev–Trinajstić information content (AvgIpc) is 2.57. The minimum absolute atomic E-state index is 0.0391. The molecule has 1 aliphatic carbocycles. The van der Waals surface area contributed by atoms with Crippen LogP contribution in [0.1, 0.15) is 37.8 Å². The molecule has 1 heterocycles. The molecule has 106 valence electrons. The third-order valence-electron chi connectivity index (χ3n) is 3.60. The number of aliphatic hydroxyl groups excluding tert-OH is 1. The number of nitrogens with one attached hydrogen (secondary N) is 1. The number of hydrogen-bond acceptors (Lipinski definition) is 4. The van der Waals surface area contributed by atoms with Gasteiger partial charge in [-0.15, -0.1) is 0 Å². The lowest BCUT2D eigenvalue weighted by molar-refractivity contribution is -0.123. The Kier molecular flexibility index (Phi) is 4.76. The van der Waals surface area contributed by atoms with Gasteiger partial charge in [0.05, 0.1) is 12.1 Å². The molecule has 1 aromatic rings. The van der Waals surface area contributed by atoms with E-state index in [4.69, 9.17) is 0 Å². The van der Waals surface area contributed by atoms with Gasteiger partial charge in [-0.1, -0.05) is 30.6 Å². The molecule has 0 saturated heterocycles. The van der Waals surface area contributed by atoms with Gasteiger partial charge in [-0.2, -0.15) is 0 Å². The summed E-state index contributed by atoms with van der Waals surface area (Å²) < 4.78 is 1.46. The molecule has 1 fully saturated rings. The monoisotopic (exact) mass is 284 g/mol. The highest BCUT2D eigenvalue weighted by Gasteiger charge is 2.23. The fraction of sp³-hybridized carbons (Fsp3) is 0.692. The van der Waals surface area contributed by atoms with Gasteiger partial charge in [0.2, 0.25) is 5.91 Å². The lowest BCUT2D eigenvalue weighted by Crippen LogP contribution is -2.44. The van der Waals surface area contributed by atoms with Crippen molar-refractivity contribution in [2.45, 2.75) is 57.7 Å². The van der Waals surface area contributed by atoms with E-state index in [0.717, 1.165) is 49.1 Å². The summed E-state index contributed by atoms with van der Waals surface area (Å²) in [6.07, 6.45) is 4.22. The van der Waals surface area contributed by atoms with Gasteiger partial charge in [-0.05, 0) is 19.8 Å². The normalized spacial score (nSPS) is 23.9. The zero-order chi connectivity index (χ0) is 13.8. The molecule has 2 N–H and O–H groups in total. The summed E-state index contributed by atoms with van der Waals surface area (Å²) in [6.45, 7) is 1.85. The first kappa shape index (κ1) is 14.3. The fourth-order valence-corrected chi connectivity index (χ4v) is 3.18. The number of rotatable bonds is 3. The molecule has 1 aromatic heterocycles. The van der Waals surface area contributed by atoms with E-state index in [1.165, 1.54) is 4.57 Å². The molecule has 1 aliphatic rings. The van der Waals surface area contributed by atoms with E-state index in [2.05, 4.69) is 5.32 Å². The van der Waals surface area contributed by atoms with Crippen molar-refractivity contribution in [2.24, 2.45) is 0 Å². The second-order valence-electron chi connectivity index (χ2n) is 5.11. The summed E-state index contributed by atoms with van der Waals surface area (Å²) in [6, 6.07) is -0.176. The van der Waals surface area contributed by atoms with Crippen LogP contribution < -0.4 is 10.2 Å². The summed E-state index contributed by atoms with van der Waals surface area (Å²) >= 11 is 1.10. The molecule has 0 spiro atoms. The number of carbonyl (C=O) groups excluding carboxylic acids is 1. The van der Waals surface area contributed by atoms with E-state index in [1.807, 2.05) is 6.92 Å². The van der Waals surface area contributed by atoms with Crippen LogP contribution in [0.15, 0.2) is 10.2 Å². The van der Waals surface area contributed by atoms with Crippen molar-refractivity contribution in [3.8, 4) is 0 Å². The van der Waals surface area contributed by atoms with Crippen molar-refractivity contribution >= 4 is 17.2 Å². The van der Waals surface area contributed by atoms with E-state index in [0.29, 0.717) is 0 Å². The number of nitrogens with zero attached hydrogens (tertiary/aromatic N) is 1. The second-order valence-corrected chi connectivity index (χ2v) is 5.93. The third kappa shape index (κ3) is 3.67. The van der Waals surface area contributed by atoms with Crippen LogP contribution in [0.2, 0.25) is 0 Å². The van der Waals surface area contributed by atoms with Crippen molar-refractivity contribution in [1.82, 2.24) is 9.88 Å². The minimum atomic E-state index is -0.466. The Morgan fingerprint density at radius 2 is 2.21 bits per heavy atom. The molecular weight excluding hydrogens is 264 g/mol. The van der Waals surface area contributed by atoms with Crippen LogP contribution in [-0.4, -0.2) is 27.7 Å². The molecule has 1 saturated carbocycles. The molecular formula is C13H20N2O3S. The zero-order valence-corrected chi connectivity index (χ0v) is 11.9. The van der Waals surface area contributed by atoms with Gasteiger partial charge in [0.15, 0.2) is 0 Å². The highest BCUT2D eigenvalue weighted by atomic mass is 32.1. The van der Waals surface area contributed by atoms with E-state index in [-0.39, 0.29) is 23.4 Å². The zero-order valence-electron chi connectivity index (χ0n) is 11.1. The van der Waals surface area contributed by atoms with E-state index >= 15 is 0 Å². The van der Waals surface area contributed by atoms with Crippen molar-refractivity contribution < 1.29 is 9.90 Å². The van der Waals surface area contributed by atoms with Gasteiger partial charge in [0.1, 0.15) is 6.54 Å². The Bertz CT molecular complexity index is 494. The van der Waals surface area contributed by atoms with Gasteiger partial charge in [0.25, 0.3) is 0 Å². The Labute approximate surface area is 116 Å². The predicted molar refractivity (Wildman–Crippen MR) is 74.3 cm³/mol. The van der Waals surface area contributed by atoms with Crippen LogP contribution in [0.3, 0.4) is 0 Å². The lowest BCUT2D eigenvalue weighted by Gasteiger charge is -2.21. The van der Waals surface area contributed by atoms with Crippen LogP contribution in [-0.2, 0) is 11.3 Å². The number of aromatic nitrogens is 1. The summed E-state index contributed by atoms with van der Waals surface area (Å²) in [4.78, 5) is 23.4. The molecule has 2 atom stereocenters. The minimum Gasteiger partial charge on any atom is -0.391 e. The highest BCUT2D eigenvalue weighted by Crippen LogP contribution is 2.18. The number of hydrogen-bond donors (Lipinski definition) is 2. The smallest absolute Gasteiger partial charge is 0.307 e. The van der Waals surface area contributed by atoms with Gasteiger partial charge in [-0.3, -0.25) is 14.2 Å². The Hall–Kier alpha value is -1.14. The Balaban J connectivity index is 1.95. The molecule has 2 unspecified atom stereocenters. The van der Waals surface area contributed by atoms with Crippen LogP contribution in [0.4, 0.5) is 0 Å². The van der Waals surface area contributed by atoms with Gasteiger partial charge < -0.3 is 10.4 Å². The maximum absolute atomic E-state index is 12.0. The molecule has 19 heavy (non-hydrogen) atoms. The van der Waals surface area contributed by atoms with E-state index in [1.54, 1.807) is 5.38 Å². The molecule has 0 aliphatic heterocycles. The third-order valence-corrected chi connectivity index (χ3v) is 4.49. The maximum Gasteiger partial charge on any atom is 0.307 e. The SMILES string of the molecule is Cc1csc(=O)n1CC(=O)NC1CCCCCC1O. The van der Waals surface area contributed by atoms with Crippen LogP contribution in [0.25, 0.3) is 0 Å². The molecule has 6 heteroatoms. The molecule has 0 radical (unpaired) electrons. The second kappa shape index (κ2) is 6.34. The van der Waals surface area contributed by atoms with Crippen molar-refractivity contribution in [1.29, 1.82) is 0 Å². The average molecular weight is 284 g/mol. The van der Waals surface area contributed by atoms with Crippen molar-refractivity contribution in [3.05, 3.63) is 20.7 Å². The summed E-state index contributed by atoms with van der Waals surface area (Å²) in [5.41, 5.74) is 0.798. The van der Waals surface area contributed by atoms with Gasteiger partial charge >= 0.3 is 4.87 Å². The number of aliphatic hydroxyl groups is 1. The maximum atomic E-state index is 12.0. The standard InChI is InChI=1S/C13H20N2O3S/c1-9-8-19-13(18)15(9)7-12(17)14-10-5-3-2-4-6-11(10)16/h8,10-11,16H,2-7H2,1H3,(H,14,17). The Morgan fingerprint density at radius 3 is 2.89 bits per heavy atom. The topological polar surface area (TPSA) is 71.3 Å². The van der Waals surface area contributed by atoms with E-state index in [9.17, 15) is 14.7 Å². The summed E-state index contributed by atoms with van der Waals surface area (Å²) in [7, 11) is 0. The number of thiazole rings is 1. The lowest BCUT2D eigenvalue weighted by atomic mass is 10.1. The first-order valence-electron chi connectivity index (χ1n) is 6.70. The molecule has 2 rings (SSSR count). The quantitative estimate of drug-likeness (QED) is 0.814. The van der Waals surface area contributed by atoms with Crippen molar-refractivity contribution in [3.63, 3.8) is 0 Å². The van der Waals surface area contributed by atoms with Crippen LogP contribution in [0, 0.1) is 6.92 Å². The van der Waals surface area contributed by atoms with Crippen molar-refractivity contribution in [2.75, 3.05) is 0 Å². The first-order chi connectivity index (χ1) is 9.08. The largest absolute Gasteiger partial charge is 0.391 e. The number of amides is 1. The van der Waals surface area contributed by atoms with Crippen LogP contribution in [0.5, 0.6) is 0 Å². The molecule has 0 bridgehead atoms. The number of carbonyl (C=O) groups is 1. The van der Waals surface area contributed by atoms with E-state index < -0.39 is 6.10 Å². The predicted octanol–water partition coefficient (Wildman–Crippen LogP) is 1.03.